The van der Waals surface area contributed by atoms with Crippen LogP contribution in [0.5, 0.6) is 0 Å². The lowest BCUT2D eigenvalue weighted by Gasteiger charge is -1.89. The molecule has 0 fully saturated rings. The standard InChI is InChI=1S/C5H5N5/c6-4-3-1-9-10-5(3)8-2-7-4/h1-2H,(H3,6,7,8,9,10)/i1+2. The number of nitrogen functional groups attached to an aromatic ring is 1. The van der Waals surface area contributed by atoms with Gasteiger partial charge in [-0.2, -0.15) is 5.10 Å². The minimum absolute atomic E-state index is 0.457. The summed E-state index contributed by atoms with van der Waals surface area (Å²) in [7, 11) is 0. The predicted octanol–water partition coefficient (Wildman–Crippen LogP) is -0.0649. The van der Waals surface area contributed by atoms with E-state index in [9.17, 15) is 0 Å². The number of aromatic nitrogens is 4. The van der Waals surface area contributed by atoms with Gasteiger partial charge in [0.15, 0.2) is 5.65 Å². The minimum atomic E-state index is 0.457. The average Bonchev–Trinajstić information content (AvgIpc) is 2.36. The molecule has 0 aliphatic carbocycles. The number of H-pyrrole nitrogens is 1. The van der Waals surface area contributed by atoms with Crippen LogP contribution >= 0.6 is 0 Å². The Bertz CT molecular complexity index is 352. The highest BCUT2D eigenvalue weighted by atomic mass is 15.3. The fourth-order valence-electron chi connectivity index (χ4n) is 0.784. The quantitative estimate of drug-likeness (QED) is 0.532. The van der Waals surface area contributed by atoms with Crippen LogP contribution in [0.15, 0.2) is 12.5 Å². The van der Waals surface area contributed by atoms with Crippen molar-refractivity contribution in [2.45, 2.75) is 0 Å². The molecule has 5 heteroatoms. The smallest absolute Gasteiger partial charge is 0.160 e. The zero-order chi connectivity index (χ0) is 6.97. The molecular formula is C5H5N5. The van der Waals surface area contributed by atoms with E-state index in [-0.39, 0.29) is 0 Å². The molecule has 5 nitrogen and oxygen atoms in total. The van der Waals surface area contributed by atoms with E-state index in [1.807, 2.05) is 0 Å². The SMILES string of the molecule is Nc1ncnc2[nH]n[14cH]c12. The molecule has 0 aromatic carbocycles. The average molecular weight is 137 g/mol. The topological polar surface area (TPSA) is 80.5 Å². The second kappa shape index (κ2) is 1.66. The Morgan fingerprint density at radius 3 is 3.20 bits per heavy atom. The van der Waals surface area contributed by atoms with Gasteiger partial charge in [-0.3, -0.25) is 5.10 Å². The highest BCUT2D eigenvalue weighted by Crippen LogP contribution is 2.11. The number of nitrogens with two attached hydrogens (primary N) is 1. The van der Waals surface area contributed by atoms with Crippen molar-refractivity contribution in [1.82, 2.24) is 20.2 Å². The van der Waals surface area contributed by atoms with Crippen LogP contribution in [0, 0.1) is 0 Å². The molecule has 2 rings (SSSR count). The van der Waals surface area contributed by atoms with Crippen molar-refractivity contribution in [3.05, 3.63) is 12.5 Å². The number of aromatic amines is 1. The third-order valence-electron chi connectivity index (χ3n) is 1.28. The molecule has 0 aliphatic rings. The van der Waals surface area contributed by atoms with Crippen LogP contribution in [0.4, 0.5) is 5.82 Å². The molecule has 50 valence electrons. The fourth-order valence-corrected chi connectivity index (χ4v) is 0.784. The summed E-state index contributed by atoms with van der Waals surface area (Å²) in [6.45, 7) is 0. The second-order valence-corrected chi connectivity index (χ2v) is 1.89. The number of hydrogen-bond donors (Lipinski definition) is 2. The van der Waals surface area contributed by atoms with Gasteiger partial charge in [0.2, 0.25) is 0 Å². The number of nitrogens with zero attached hydrogens (tertiary/aromatic N) is 3. The first-order valence-electron chi connectivity index (χ1n) is 2.77. The highest BCUT2D eigenvalue weighted by molar-refractivity contribution is 5.83. The highest BCUT2D eigenvalue weighted by Gasteiger charge is 1.98. The summed E-state index contributed by atoms with van der Waals surface area (Å²) in [4.78, 5) is 7.68. The Morgan fingerprint density at radius 1 is 1.50 bits per heavy atom. The van der Waals surface area contributed by atoms with Gasteiger partial charge in [0.1, 0.15) is 12.1 Å². The van der Waals surface area contributed by atoms with Gasteiger partial charge in [-0.05, 0) is 0 Å². The normalized spacial score (nSPS) is 10.4. The van der Waals surface area contributed by atoms with Gasteiger partial charge in [-0.15, -0.1) is 0 Å². The maximum absolute atomic E-state index is 5.49. The van der Waals surface area contributed by atoms with Crippen molar-refractivity contribution < 1.29 is 0 Å². The molecular weight excluding hydrogens is 132 g/mol. The first-order valence-corrected chi connectivity index (χ1v) is 2.77. The predicted molar refractivity (Wildman–Crippen MR) is 36.1 cm³/mol. The van der Waals surface area contributed by atoms with E-state index < -0.39 is 0 Å². The first kappa shape index (κ1) is 5.16. The number of rotatable bonds is 0. The molecule has 0 amide bonds. The minimum Gasteiger partial charge on any atom is -0.383 e. The molecule has 0 saturated heterocycles. The van der Waals surface area contributed by atoms with Gasteiger partial charge >= 0.3 is 0 Å². The maximum atomic E-state index is 5.49. The maximum Gasteiger partial charge on any atom is 0.160 e. The Morgan fingerprint density at radius 2 is 2.40 bits per heavy atom. The summed E-state index contributed by atoms with van der Waals surface area (Å²) in [5.41, 5.74) is 6.16. The molecule has 0 spiro atoms. The summed E-state index contributed by atoms with van der Waals surface area (Å²) >= 11 is 0. The lowest BCUT2D eigenvalue weighted by Crippen LogP contribution is -1.90. The van der Waals surface area contributed by atoms with E-state index in [1.54, 1.807) is 6.20 Å². The van der Waals surface area contributed by atoms with E-state index in [0.29, 0.717) is 11.5 Å². The van der Waals surface area contributed by atoms with Crippen LogP contribution in [-0.4, -0.2) is 20.2 Å². The second-order valence-electron chi connectivity index (χ2n) is 1.89. The molecule has 3 N–H and O–H groups in total. The number of fused-ring (bicyclic) bond motifs is 1. The number of hydrogen-bond acceptors (Lipinski definition) is 4. The van der Waals surface area contributed by atoms with E-state index >= 15 is 0 Å². The Kier molecular flexibility index (Phi) is 0.858. The number of anilines is 1. The van der Waals surface area contributed by atoms with Crippen molar-refractivity contribution in [2.75, 3.05) is 5.73 Å². The van der Waals surface area contributed by atoms with Crippen LogP contribution in [0.25, 0.3) is 11.0 Å². The summed E-state index contributed by atoms with van der Waals surface area (Å²) in [5, 5.41) is 7.20. The molecule has 0 bridgehead atoms. The Balaban J connectivity index is 2.95. The molecule has 2 aromatic rings. The zero-order valence-corrected chi connectivity index (χ0v) is 5.07. The van der Waals surface area contributed by atoms with Crippen LogP contribution in [-0.2, 0) is 0 Å². The molecule has 2 heterocycles. The van der Waals surface area contributed by atoms with Gasteiger partial charge in [0, 0.05) is 0 Å². The molecule has 0 atom stereocenters. The van der Waals surface area contributed by atoms with Crippen LogP contribution in [0.1, 0.15) is 0 Å². The first-order chi connectivity index (χ1) is 4.88. The molecule has 2 aromatic heterocycles. The lowest BCUT2D eigenvalue weighted by atomic mass is 10.5. The summed E-state index contributed by atoms with van der Waals surface area (Å²) in [6, 6.07) is 0. The van der Waals surface area contributed by atoms with E-state index in [2.05, 4.69) is 20.2 Å². The van der Waals surface area contributed by atoms with E-state index in [4.69, 9.17) is 5.73 Å². The van der Waals surface area contributed by atoms with Crippen LogP contribution in [0.2, 0.25) is 0 Å². The molecule has 0 radical (unpaired) electrons. The number of nitrogens with one attached hydrogen (secondary N) is 1. The van der Waals surface area contributed by atoms with Crippen molar-refractivity contribution in [3.8, 4) is 0 Å². The van der Waals surface area contributed by atoms with Crippen LogP contribution < -0.4 is 5.73 Å². The third kappa shape index (κ3) is 0.540. The fraction of sp³-hybridized carbons (Fsp3) is 0. The molecule has 0 saturated carbocycles. The van der Waals surface area contributed by atoms with Crippen LogP contribution in [0.3, 0.4) is 0 Å². The van der Waals surface area contributed by atoms with Crippen molar-refractivity contribution in [3.63, 3.8) is 0 Å². The van der Waals surface area contributed by atoms with Crippen molar-refractivity contribution >= 4 is 16.9 Å². The van der Waals surface area contributed by atoms with Gasteiger partial charge in [0.25, 0.3) is 0 Å². The van der Waals surface area contributed by atoms with Gasteiger partial charge in [-0.1, -0.05) is 0 Å². The van der Waals surface area contributed by atoms with Crippen molar-refractivity contribution in [2.24, 2.45) is 0 Å². The molecule has 0 unspecified atom stereocenters. The van der Waals surface area contributed by atoms with Gasteiger partial charge in [-0.25, -0.2) is 9.97 Å². The largest absolute Gasteiger partial charge is 0.383 e. The van der Waals surface area contributed by atoms with Crippen molar-refractivity contribution in [1.29, 1.82) is 0 Å². The monoisotopic (exact) mass is 137 g/mol. The van der Waals surface area contributed by atoms with E-state index in [1.165, 1.54) is 6.33 Å². The summed E-state index contributed by atoms with van der Waals surface area (Å²) < 4.78 is 0. The van der Waals surface area contributed by atoms with E-state index in [0.717, 1.165) is 5.39 Å². The summed E-state index contributed by atoms with van der Waals surface area (Å²) in [6.07, 6.45) is 3.00. The van der Waals surface area contributed by atoms with Gasteiger partial charge < -0.3 is 5.73 Å². The van der Waals surface area contributed by atoms with Gasteiger partial charge in [0.05, 0.1) is 11.6 Å². The molecule has 0 aliphatic heterocycles. The zero-order valence-electron chi connectivity index (χ0n) is 5.07. The Labute approximate surface area is 56.3 Å². The third-order valence-corrected chi connectivity index (χ3v) is 1.28. The molecule has 10 heavy (non-hydrogen) atoms. The lowest BCUT2D eigenvalue weighted by molar-refractivity contribution is 1.09. The summed E-state index contributed by atoms with van der Waals surface area (Å²) in [5.74, 6) is 0.457. The Hall–Kier alpha value is -1.65.